The van der Waals surface area contributed by atoms with Crippen LogP contribution in [0.3, 0.4) is 0 Å². The lowest BCUT2D eigenvalue weighted by atomic mass is 10.1. The summed E-state index contributed by atoms with van der Waals surface area (Å²) in [6, 6.07) is 8.04. The molecule has 26 heavy (non-hydrogen) atoms. The van der Waals surface area contributed by atoms with Crippen molar-refractivity contribution in [2.24, 2.45) is 0 Å². The number of carbonyl (C=O) groups excluding carboxylic acids is 1. The summed E-state index contributed by atoms with van der Waals surface area (Å²) >= 11 is 0. The predicted octanol–water partition coefficient (Wildman–Crippen LogP) is 0.878. The molecule has 0 aliphatic carbocycles. The van der Waals surface area contributed by atoms with Crippen LogP contribution in [0.4, 0.5) is 0 Å². The van der Waals surface area contributed by atoms with Gasteiger partial charge in [0.25, 0.3) is 11.5 Å². The molecule has 1 fully saturated rings. The van der Waals surface area contributed by atoms with Gasteiger partial charge in [-0.3, -0.25) is 14.0 Å². The molecule has 4 rings (SSSR count). The van der Waals surface area contributed by atoms with Gasteiger partial charge in [0, 0.05) is 12.3 Å². The van der Waals surface area contributed by atoms with Crippen molar-refractivity contribution in [2.75, 3.05) is 13.2 Å². The Morgan fingerprint density at radius 1 is 1.23 bits per heavy atom. The minimum atomic E-state index is -0.344. The number of rotatable bonds is 3. The van der Waals surface area contributed by atoms with Crippen molar-refractivity contribution in [3.8, 4) is 0 Å². The van der Waals surface area contributed by atoms with Crippen LogP contribution in [-0.2, 0) is 4.74 Å². The fourth-order valence-electron chi connectivity index (χ4n) is 3.30. The van der Waals surface area contributed by atoms with E-state index in [0.29, 0.717) is 30.2 Å². The van der Waals surface area contributed by atoms with Crippen LogP contribution in [0.15, 0.2) is 41.3 Å². The molecule has 1 aliphatic heterocycles. The summed E-state index contributed by atoms with van der Waals surface area (Å²) in [4.78, 5) is 29.5. The third-order valence-electron chi connectivity index (χ3n) is 4.56. The summed E-state index contributed by atoms with van der Waals surface area (Å²) in [6.07, 6.45) is 1.81. The molecule has 0 radical (unpaired) electrons. The fourth-order valence-corrected chi connectivity index (χ4v) is 3.30. The number of aryl methyl sites for hydroxylation is 2. The van der Waals surface area contributed by atoms with Gasteiger partial charge in [-0.05, 0) is 32.0 Å². The summed E-state index contributed by atoms with van der Waals surface area (Å²) in [5.41, 5.74) is 2.37. The number of ether oxygens (including phenoxy) is 1. The third-order valence-corrected chi connectivity index (χ3v) is 4.56. The molecule has 3 aromatic heterocycles. The van der Waals surface area contributed by atoms with Crippen LogP contribution in [0.2, 0.25) is 0 Å². The Morgan fingerprint density at radius 3 is 2.92 bits per heavy atom. The van der Waals surface area contributed by atoms with Crippen molar-refractivity contribution in [1.82, 2.24) is 24.5 Å². The molecule has 2 atom stereocenters. The van der Waals surface area contributed by atoms with E-state index < -0.39 is 0 Å². The summed E-state index contributed by atoms with van der Waals surface area (Å²) in [5, 5.41) is 7.28. The number of hydrogen-bond acceptors (Lipinski definition) is 5. The average Bonchev–Trinajstić information content (AvgIpc) is 3.20. The first-order valence-corrected chi connectivity index (χ1v) is 8.43. The second-order valence-corrected chi connectivity index (χ2v) is 6.42. The van der Waals surface area contributed by atoms with Gasteiger partial charge in [-0.25, -0.2) is 9.67 Å². The molecule has 8 nitrogen and oxygen atoms in total. The van der Waals surface area contributed by atoms with Gasteiger partial charge in [0.05, 0.1) is 30.6 Å². The van der Waals surface area contributed by atoms with Crippen LogP contribution >= 0.6 is 0 Å². The van der Waals surface area contributed by atoms with Gasteiger partial charge >= 0.3 is 0 Å². The molecule has 1 amide bonds. The highest BCUT2D eigenvalue weighted by molar-refractivity contribution is 5.94. The number of pyridine rings is 1. The van der Waals surface area contributed by atoms with Crippen LogP contribution in [0.5, 0.6) is 0 Å². The third kappa shape index (κ3) is 2.78. The first kappa shape index (κ1) is 16.5. The van der Waals surface area contributed by atoms with E-state index in [4.69, 9.17) is 4.74 Å². The molecule has 0 spiro atoms. The first-order chi connectivity index (χ1) is 12.5. The topological polar surface area (TPSA) is 90.5 Å². The van der Waals surface area contributed by atoms with E-state index in [2.05, 4.69) is 15.4 Å². The van der Waals surface area contributed by atoms with Gasteiger partial charge in [-0.15, -0.1) is 0 Å². The molecule has 0 aromatic carbocycles. The predicted molar refractivity (Wildman–Crippen MR) is 94.3 cm³/mol. The van der Waals surface area contributed by atoms with Crippen LogP contribution < -0.4 is 10.9 Å². The molecule has 3 aromatic rings. The molecule has 4 heterocycles. The van der Waals surface area contributed by atoms with Crippen LogP contribution in [0, 0.1) is 13.8 Å². The Hall–Kier alpha value is -3.00. The lowest BCUT2D eigenvalue weighted by Gasteiger charge is -2.20. The standard InChI is InChI=1S/C18H19N5O3/c1-11-6-7-16(24)23(21-11)14-10-26-9-13(14)20-18(25)17-12(2)19-15-5-3-4-8-22(15)17/h3-8,13-14H,9-10H2,1-2H3,(H,20,25). The fraction of sp³-hybridized carbons (Fsp3) is 0.333. The number of carbonyl (C=O) groups is 1. The van der Waals surface area contributed by atoms with Gasteiger partial charge in [-0.1, -0.05) is 6.07 Å². The smallest absolute Gasteiger partial charge is 0.270 e. The molecule has 1 saturated heterocycles. The number of fused-ring (bicyclic) bond motifs is 1. The summed E-state index contributed by atoms with van der Waals surface area (Å²) in [6.45, 7) is 4.28. The molecule has 0 saturated carbocycles. The number of nitrogens with zero attached hydrogens (tertiary/aromatic N) is 4. The summed E-state index contributed by atoms with van der Waals surface area (Å²) in [5.74, 6) is -0.248. The van der Waals surface area contributed by atoms with Crippen LogP contribution in [-0.4, -0.2) is 44.3 Å². The van der Waals surface area contributed by atoms with Crippen molar-refractivity contribution in [3.63, 3.8) is 0 Å². The molecule has 1 N–H and O–H groups in total. The van der Waals surface area contributed by atoms with E-state index in [0.717, 1.165) is 5.69 Å². The number of imidazole rings is 1. The van der Waals surface area contributed by atoms with Gasteiger partial charge in [0.1, 0.15) is 17.4 Å². The van der Waals surface area contributed by atoms with Crippen LogP contribution in [0.1, 0.15) is 27.9 Å². The van der Waals surface area contributed by atoms with Crippen LogP contribution in [0.25, 0.3) is 5.65 Å². The minimum Gasteiger partial charge on any atom is -0.377 e. The maximum absolute atomic E-state index is 12.9. The van der Waals surface area contributed by atoms with E-state index >= 15 is 0 Å². The first-order valence-electron chi connectivity index (χ1n) is 8.43. The largest absolute Gasteiger partial charge is 0.377 e. The Kier molecular flexibility index (Phi) is 4.04. The Morgan fingerprint density at radius 2 is 2.08 bits per heavy atom. The van der Waals surface area contributed by atoms with Crippen molar-refractivity contribution in [2.45, 2.75) is 25.9 Å². The van der Waals surface area contributed by atoms with Gasteiger partial charge in [0.15, 0.2) is 0 Å². The maximum atomic E-state index is 12.9. The van der Waals surface area contributed by atoms with Crippen molar-refractivity contribution in [3.05, 3.63) is 64.0 Å². The van der Waals surface area contributed by atoms with E-state index in [1.54, 1.807) is 23.6 Å². The van der Waals surface area contributed by atoms with E-state index in [9.17, 15) is 9.59 Å². The molecule has 134 valence electrons. The Balaban J connectivity index is 1.63. The highest BCUT2D eigenvalue weighted by Crippen LogP contribution is 2.19. The number of aromatic nitrogens is 4. The summed E-state index contributed by atoms with van der Waals surface area (Å²) in [7, 11) is 0. The lowest BCUT2D eigenvalue weighted by Crippen LogP contribution is -2.44. The SMILES string of the molecule is Cc1ccc(=O)n(C2COCC2NC(=O)c2c(C)nc3ccccn23)n1. The van der Waals surface area contributed by atoms with Crippen molar-refractivity contribution in [1.29, 1.82) is 0 Å². The quantitative estimate of drug-likeness (QED) is 0.755. The second kappa shape index (κ2) is 6.38. The maximum Gasteiger partial charge on any atom is 0.270 e. The Bertz CT molecular complexity index is 1040. The molecular formula is C18H19N5O3. The normalized spacial score (nSPS) is 19.8. The second-order valence-electron chi connectivity index (χ2n) is 6.42. The number of amides is 1. The lowest BCUT2D eigenvalue weighted by molar-refractivity contribution is 0.0918. The Labute approximate surface area is 149 Å². The van der Waals surface area contributed by atoms with E-state index in [-0.39, 0.29) is 23.6 Å². The molecule has 2 unspecified atom stereocenters. The van der Waals surface area contributed by atoms with Crippen molar-refractivity contribution < 1.29 is 9.53 Å². The molecular weight excluding hydrogens is 334 g/mol. The number of hydrogen-bond donors (Lipinski definition) is 1. The average molecular weight is 353 g/mol. The zero-order valence-corrected chi connectivity index (χ0v) is 14.5. The highest BCUT2D eigenvalue weighted by Gasteiger charge is 2.33. The number of nitrogens with one attached hydrogen (secondary N) is 1. The summed E-state index contributed by atoms with van der Waals surface area (Å²) < 4.78 is 8.67. The molecule has 0 bridgehead atoms. The van der Waals surface area contributed by atoms with E-state index in [1.165, 1.54) is 10.7 Å². The monoisotopic (exact) mass is 353 g/mol. The van der Waals surface area contributed by atoms with Gasteiger partial charge < -0.3 is 10.1 Å². The minimum absolute atomic E-state index is 0.212. The van der Waals surface area contributed by atoms with Gasteiger partial charge in [0.2, 0.25) is 0 Å². The van der Waals surface area contributed by atoms with Crippen molar-refractivity contribution >= 4 is 11.6 Å². The molecule has 8 heteroatoms. The zero-order valence-electron chi connectivity index (χ0n) is 14.5. The molecule has 1 aliphatic rings. The zero-order chi connectivity index (χ0) is 18.3. The van der Waals surface area contributed by atoms with Gasteiger partial charge in [-0.2, -0.15) is 5.10 Å². The van der Waals surface area contributed by atoms with E-state index in [1.807, 2.05) is 25.1 Å². The highest BCUT2D eigenvalue weighted by atomic mass is 16.5.